The molecule has 2 unspecified atom stereocenters. The summed E-state index contributed by atoms with van der Waals surface area (Å²) in [5.41, 5.74) is 8.27. The van der Waals surface area contributed by atoms with Gasteiger partial charge in [-0.1, -0.05) is 41.9 Å². The van der Waals surface area contributed by atoms with Gasteiger partial charge in [-0.2, -0.15) is 0 Å². The Morgan fingerprint density at radius 1 is 1.15 bits per heavy atom. The van der Waals surface area contributed by atoms with Crippen LogP contribution in [0.1, 0.15) is 28.8 Å². The molecule has 3 aromatic rings. The van der Waals surface area contributed by atoms with Gasteiger partial charge in [-0.05, 0) is 55.0 Å². The fourth-order valence-corrected chi connectivity index (χ4v) is 4.29. The van der Waals surface area contributed by atoms with E-state index in [0.717, 1.165) is 36.7 Å². The highest BCUT2D eigenvalue weighted by Gasteiger charge is 2.28. The number of nitrogens with two attached hydrogens (primary N) is 1. The molecule has 2 aromatic carbocycles. The Labute approximate surface area is 158 Å². The summed E-state index contributed by atoms with van der Waals surface area (Å²) in [7, 11) is 0. The molecular weight excluding hydrogens is 346 g/mol. The Balaban J connectivity index is 1.51. The van der Waals surface area contributed by atoms with E-state index in [4.69, 9.17) is 17.3 Å². The highest BCUT2D eigenvalue weighted by atomic mass is 35.5. The topological polar surface area (TPSA) is 51.3 Å². The molecule has 0 spiro atoms. The second-order valence-electron chi connectivity index (χ2n) is 6.98. The van der Waals surface area contributed by atoms with Gasteiger partial charge in [-0.3, -0.25) is 14.5 Å². The van der Waals surface area contributed by atoms with Gasteiger partial charge in [-0.25, -0.2) is 0 Å². The molecule has 4 rings (SSSR count). The van der Waals surface area contributed by atoms with Crippen LogP contribution in [0.2, 0.25) is 0 Å². The predicted molar refractivity (Wildman–Crippen MR) is 106 cm³/mol. The lowest BCUT2D eigenvalue weighted by Crippen LogP contribution is -2.46. The molecule has 1 amide bonds. The molecule has 1 aliphatic heterocycles. The number of hydrogen-bond acceptors (Lipinski definition) is 2. The SMILES string of the molecule is NC(=O)c1ccc2c(ccn2N2CCC(Cc3ccccc3)CC2Cl)c1. The molecule has 1 saturated heterocycles. The number of halogens is 1. The van der Waals surface area contributed by atoms with Gasteiger partial charge in [-0.15, -0.1) is 0 Å². The van der Waals surface area contributed by atoms with Crippen LogP contribution in [-0.4, -0.2) is 22.6 Å². The summed E-state index contributed by atoms with van der Waals surface area (Å²) in [6.07, 6.45) is 5.15. The first-order valence-electron chi connectivity index (χ1n) is 8.97. The fourth-order valence-electron chi connectivity index (χ4n) is 3.85. The van der Waals surface area contributed by atoms with Crippen LogP contribution in [-0.2, 0) is 6.42 Å². The lowest BCUT2D eigenvalue weighted by atomic mass is 9.90. The van der Waals surface area contributed by atoms with E-state index in [1.54, 1.807) is 6.07 Å². The lowest BCUT2D eigenvalue weighted by Gasteiger charge is -2.38. The number of piperidine rings is 1. The summed E-state index contributed by atoms with van der Waals surface area (Å²) in [5, 5.41) is 3.20. The standard InChI is InChI=1S/C21H22ClN3O/c22-20-13-16(12-15-4-2-1-3-5-15)8-10-25(20)24-11-9-17-14-18(21(23)26)6-7-19(17)24/h1-7,9,11,14,16,20H,8,10,12-13H2,(H2,23,26). The third kappa shape index (κ3) is 3.29. The van der Waals surface area contributed by atoms with Crippen LogP contribution in [0.4, 0.5) is 0 Å². The van der Waals surface area contributed by atoms with E-state index in [0.29, 0.717) is 11.5 Å². The molecule has 2 heterocycles. The van der Waals surface area contributed by atoms with E-state index in [1.807, 2.05) is 24.4 Å². The Morgan fingerprint density at radius 3 is 2.69 bits per heavy atom. The summed E-state index contributed by atoms with van der Waals surface area (Å²) in [6, 6.07) is 18.2. The molecule has 1 aromatic heterocycles. The third-order valence-electron chi connectivity index (χ3n) is 5.22. The summed E-state index contributed by atoms with van der Waals surface area (Å²) in [4.78, 5) is 11.4. The zero-order valence-electron chi connectivity index (χ0n) is 14.5. The van der Waals surface area contributed by atoms with Crippen molar-refractivity contribution in [2.75, 3.05) is 11.6 Å². The average molecular weight is 368 g/mol. The largest absolute Gasteiger partial charge is 0.366 e. The molecule has 5 heteroatoms. The number of fused-ring (bicyclic) bond motifs is 1. The molecular formula is C21H22ClN3O. The van der Waals surface area contributed by atoms with Crippen molar-refractivity contribution in [3.63, 3.8) is 0 Å². The van der Waals surface area contributed by atoms with Crippen molar-refractivity contribution in [3.8, 4) is 0 Å². The highest BCUT2D eigenvalue weighted by Crippen LogP contribution is 2.29. The van der Waals surface area contributed by atoms with Crippen molar-refractivity contribution < 1.29 is 4.79 Å². The number of rotatable bonds is 4. The minimum Gasteiger partial charge on any atom is -0.366 e. The van der Waals surface area contributed by atoms with E-state index in [1.165, 1.54) is 5.56 Å². The quantitative estimate of drug-likeness (QED) is 0.561. The Hall–Kier alpha value is -2.46. The van der Waals surface area contributed by atoms with E-state index in [-0.39, 0.29) is 5.50 Å². The van der Waals surface area contributed by atoms with Gasteiger partial charge in [0.15, 0.2) is 0 Å². The van der Waals surface area contributed by atoms with E-state index >= 15 is 0 Å². The van der Waals surface area contributed by atoms with Crippen LogP contribution >= 0.6 is 11.6 Å². The van der Waals surface area contributed by atoms with Crippen molar-refractivity contribution in [1.82, 2.24) is 4.68 Å². The number of benzene rings is 2. The fraction of sp³-hybridized carbons (Fsp3) is 0.286. The number of amides is 1. The first-order valence-corrected chi connectivity index (χ1v) is 9.41. The van der Waals surface area contributed by atoms with Gasteiger partial charge >= 0.3 is 0 Å². The second kappa shape index (κ2) is 7.04. The van der Waals surface area contributed by atoms with Crippen LogP contribution in [0.5, 0.6) is 0 Å². The van der Waals surface area contributed by atoms with Crippen LogP contribution in [0.25, 0.3) is 10.9 Å². The van der Waals surface area contributed by atoms with Gasteiger partial charge in [0.1, 0.15) is 5.50 Å². The van der Waals surface area contributed by atoms with Crippen LogP contribution in [0.3, 0.4) is 0 Å². The normalized spacial score (nSPS) is 20.4. The Kier molecular flexibility index (Phi) is 4.60. The van der Waals surface area contributed by atoms with Crippen molar-refractivity contribution in [2.45, 2.75) is 24.8 Å². The van der Waals surface area contributed by atoms with Gasteiger partial charge in [0.05, 0.1) is 5.52 Å². The maximum atomic E-state index is 11.4. The number of aromatic nitrogens is 1. The minimum absolute atomic E-state index is 0.0520. The highest BCUT2D eigenvalue weighted by molar-refractivity contribution is 6.21. The second-order valence-corrected chi connectivity index (χ2v) is 7.48. The summed E-state index contributed by atoms with van der Waals surface area (Å²) >= 11 is 6.75. The number of alkyl halides is 1. The zero-order valence-corrected chi connectivity index (χ0v) is 15.3. The first kappa shape index (κ1) is 17.0. The van der Waals surface area contributed by atoms with E-state index < -0.39 is 5.91 Å². The molecule has 0 saturated carbocycles. The van der Waals surface area contributed by atoms with Crippen LogP contribution in [0.15, 0.2) is 60.8 Å². The third-order valence-corrected chi connectivity index (χ3v) is 5.62. The van der Waals surface area contributed by atoms with Crippen molar-refractivity contribution in [1.29, 1.82) is 0 Å². The maximum Gasteiger partial charge on any atom is 0.248 e. The predicted octanol–water partition coefficient (Wildman–Crippen LogP) is 3.90. The molecule has 26 heavy (non-hydrogen) atoms. The Morgan fingerprint density at radius 2 is 1.96 bits per heavy atom. The molecule has 2 atom stereocenters. The molecule has 4 nitrogen and oxygen atoms in total. The van der Waals surface area contributed by atoms with Crippen molar-refractivity contribution in [3.05, 3.63) is 71.9 Å². The number of hydrogen-bond donors (Lipinski definition) is 1. The Bertz CT molecular complexity index is 921. The van der Waals surface area contributed by atoms with Gasteiger partial charge < -0.3 is 5.73 Å². The first-order chi connectivity index (χ1) is 12.6. The van der Waals surface area contributed by atoms with E-state index in [2.05, 4.69) is 40.0 Å². The molecule has 0 bridgehead atoms. The monoisotopic (exact) mass is 367 g/mol. The maximum absolute atomic E-state index is 11.4. The van der Waals surface area contributed by atoms with Gasteiger partial charge in [0.2, 0.25) is 5.91 Å². The summed E-state index contributed by atoms with van der Waals surface area (Å²) in [5.74, 6) is 0.191. The number of primary amides is 1. The summed E-state index contributed by atoms with van der Waals surface area (Å²) in [6.45, 7) is 0.910. The number of nitrogens with zero attached hydrogens (tertiary/aromatic N) is 2. The van der Waals surface area contributed by atoms with Crippen molar-refractivity contribution >= 4 is 28.4 Å². The average Bonchev–Trinajstić information content (AvgIpc) is 3.06. The molecule has 134 valence electrons. The zero-order chi connectivity index (χ0) is 18.1. The number of carbonyl (C=O) groups excluding carboxylic acids is 1. The van der Waals surface area contributed by atoms with Crippen molar-refractivity contribution in [2.24, 2.45) is 11.7 Å². The van der Waals surface area contributed by atoms with E-state index in [9.17, 15) is 4.79 Å². The number of carbonyl (C=O) groups is 1. The molecule has 0 radical (unpaired) electrons. The van der Waals surface area contributed by atoms with Gasteiger partial charge in [0.25, 0.3) is 0 Å². The van der Waals surface area contributed by atoms with Crippen LogP contribution < -0.4 is 10.7 Å². The lowest BCUT2D eigenvalue weighted by molar-refractivity contribution is 0.100. The van der Waals surface area contributed by atoms with Gasteiger partial charge in [0, 0.05) is 23.7 Å². The molecule has 2 N–H and O–H groups in total. The van der Waals surface area contributed by atoms with Crippen LogP contribution in [0, 0.1) is 5.92 Å². The minimum atomic E-state index is -0.406. The summed E-state index contributed by atoms with van der Waals surface area (Å²) < 4.78 is 2.11. The smallest absolute Gasteiger partial charge is 0.248 e. The molecule has 1 aliphatic rings. The molecule has 1 fully saturated rings. The molecule has 0 aliphatic carbocycles.